The summed E-state index contributed by atoms with van der Waals surface area (Å²) in [6.45, 7) is 3.22. The molecule has 0 spiro atoms. The molecular formula is C20H21NO4. The highest BCUT2D eigenvalue weighted by Crippen LogP contribution is 2.35. The van der Waals surface area contributed by atoms with Crippen LogP contribution in [0.25, 0.3) is 5.57 Å². The van der Waals surface area contributed by atoms with Crippen LogP contribution in [0, 0.1) is 0 Å². The summed E-state index contributed by atoms with van der Waals surface area (Å²) in [5.41, 5.74) is 2.67. The van der Waals surface area contributed by atoms with E-state index in [0.29, 0.717) is 13.2 Å². The van der Waals surface area contributed by atoms with Gasteiger partial charge >= 0.3 is 0 Å². The fourth-order valence-electron chi connectivity index (χ4n) is 2.94. The summed E-state index contributed by atoms with van der Waals surface area (Å²) >= 11 is 0. The van der Waals surface area contributed by atoms with Crippen molar-refractivity contribution < 1.29 is 18.9 Å². The van der Waals surface area contributed by atoms with Crippen molar-refractivity contribution in [2.45, 2.75) is 6.42 Å². The average molecular weight is 339 g/mol. The van der Waals surface area contributed by atoms with Crippen LogP contribution in [0.5, 0.6) is 23.0 Å². The number of hydrogen-bond acceptors (Lipinski definition) is 5. The van der Waals surface area contributed by atoms with Crippen LogP contribution in [0.15, 0.2) is 48.5 Å². The summed E-state index contributed by atoms with van der Waals surface area (Å²) in [7, 11) is 0. The Morgan fingerprint density at radius 2 is 1.64 bits per heavy atom. The van der Waals surface area contributed by atoms with Gasteiger partial charge in [-0.1, -0.05) is 18.2 Å². The average Bonchev–Trinajstić information content (AvgIpc) is 3.14. The van der Waals surface area contributed by atoms with Gasteiger partial charge in [-0.15, -0.1) is 0 Å². The van der Waals surface area contributed by atoms with E-state index in [1.807, 2.05) is 30.3 Å². The summed E-state index contributed by atoms with van der Waals surface area (Å²) in [5, 5.41) is 3.33. The Morgan fingerprint density at radius 3 is 2.44 bits per heavy atom. The molecule has 130 valence electrons. The van der Waals surface area contributed by atoms with Gasteiger partial charge in [0, 0.05) is 12.6 Å². The molecule has 5 nitrogen and oxygen atoms in total. The van der Waals surface area contributed by atoms with Gasteiger partial charge in [-0.2, -0.15) is 0 Å². The van der Waals surface area contributed by atoms with Gasteiger partial charge in [0.05, 0.1) is 0 Å². The van der Waals surface area contributed by atoms with Crippen LogP contribution < -0.4 is 24.3 Å². The minimum atomic E-state index is 0.269. The Bertz CT molecular complexity index is 755. The molecule has 0 aromatic heterocycles. The van der Waals surface area contributed by atoms with Gasteiger partial charge in [-0.3, -0.25) is 0 Å². The van der Waals surface area contributed by atoms with Crippen molar-refractivity contribution in [1.82, 2.24) is 5.32 Å². The summed E-state index contributed by atoms with van der Waals surface area (Å²) in [4.78, 5) is 0. The van der Waals surface area contributed by atoms with Crippen molar-refractivity contribution >= 4 is 5.57 Å². The molecule has 0 bridgehead atoms. The topological polar surface area (TPSA) is 49.0 Å². The van der Waals surface area contributed by atoms with E-state index >= 15 is 0 Å². The first kappa shape index (κ1) is 15.8. The van der Waals surface area contributed by atoms with Gasteiger partial charge in [0.15, 0.2) is 11.5 Å². The predicted molar refractivity (Wildman–Crippen MR) is 95.5 cm³/mol. The molecule has 1 N–H and O–H groups in total. The first-order valence-corrected chi connectivity index (χ1v) is 8.54. The van der Waals surface area contributed by atoms with Gasteiger partial charge in [-0.05, 0) is 48.4 Å². The second kappa shape index (κ2) is 7.49. The monoisotopic (exact) mass is 339 g/mol. The second-order valence-corrected chi connectivity index (χ2v) is 5.92. The maximum Gasteiger partial charge on any atom is 0.231 e. The van der Waals surface area contributed by atoms with E-state index < -0.39 is 0 Å². The molecule has 0 aliphatic carbocycles. The standard InChI is InChI=1S/C20H21NO4/c1-3-17(4-2-15(1)16-7-9-21-10-8-16)22-11-12-23-18-5-6-19-20(13-18)25-14-24-19/h1-7,13,21H,8-12,14H2. The van der Waals surface area contributed by atoms with Crippen LogP contribution >= 0.6 is 0 Å². The third kappa shape index (κ3) is 3.88. The molecule has 25 heavy (non-hydrogen) atoms. The SMILES string of the molecule is C1=C(c2ccc(OCCOc3ccc4c(c3)OCO4)cc2)CCNC1. The molecule has 0 fully saturated rings. The van der Waals surface area contributed by atoms with Gasteiger partial charge in [-0.25, -0.2) is 0 Å². The number of fused-ring (bicyclic) bond motifs is 1. The van der Waals surface area contributed by atoms with Gasteiger partial charge in [0.2, 0.25) is 6.79 Å². The molecule has 0 radical (unpaired) electrons. The normalized spacial score (nSPS) is 15.6. The first-order valence-electron chi connectivity index (χ1n) is 8.54. The lowest BCUT2D eigenvalue weighted by Gasteiger charge is -2.14. The smallest absolute Gasteiger partial charge is 0.231 e. The molecule has 2 aromatic rings. The Labute approximate surface area is 147 Å². The maximum absolute atomic E-state index is 5.75. The van der Waals surface area contributed by atoms with Crippen molar-refractivity contribution in [1.29, 1.82) is 0 Å². The van der Waals surface area contributed by atoms with E-state index in [1.165, 1.54) is 11.1 Å². The number of ether oxygens (including phenoxy) is 4. The van der Waals surface area contributed by atoms with Gasteiger partial charge < -0.3 is 24.3 Å². The van der Waals surface area contributed by atoms with E-state index in [-0.39, 0.29) is 6.79 Å². The Kier molecular flexibility index (Phi) is 4.74. The molecule has 2 aliphatic heterocycles. The molecule has 0 unspecified atom stereocenters. The number of hydrogen-bond donors (Lipinski definition) is 1. The van der Waals surface area contributed by atoms with E-state index in [0.717, 1.165) is 42.5 Å². The van der Waals surface area contributed by atoms with Crippen molar-refractivity contribution in [2.75, 3.05) is 33.1 Å². The highest BCUT2D eigenvalue weighted by molar-refractivity contribution is 5.67. The fourth-order valence-corrected chi connectivity index (χ4v) is 2.94. The highest BCUT2D eigenvalue weighted by atomic mass is 16.7. The Balaban J connectivity index is 1.25. The zero-order valence-corrected chi connectivity index (χ0v) is 14.0. The molecule has 0 amide bonds. The minimum Gasteiger partial charge on any atom is -0.490 e. The zero-order chi connectivity index (χ0) is 16.9. The molecule has 0 saturated heterocycles. The van der Waals surface area contributed by atoms with Crippen LogP contribution in [0.4, 0.5) is 0 Å². The van der Waals surface area contributed by atoms with Gasteiger partial charge in [0.25, 0.3) is 0 Å². The van der Waals surface area contributed by atoms with E-state index in [4.69, 9.17) is 18.9 Å². The highest BCUT2D eigenvalue weighted by Gasteiger charge is 2.13. The fraction of sp³-hybridized carbons (Fsp3) is 0.300. The zero-order valence-electron chi connectivity index (χ0n) is 14.0. The first-order chi connectivity index (χ1) is 12.4. The van der Waals surface area contributed by atoms with Crippen LogP contribution in [-0.2, 0) is 0 Å². The number of nitrogens with one attached hydrogen (secondary N) is 1. The third-order valence-corrected chi connectivity index (χ3v) is 4.25. The minimum absolute atomic E-state index is 0.269. The summed E-state index contributed by atoms with van der Waals surface area (Å²) in [5.74, 6) is 3.09. The molecule has 0 saturated carbocycles. The molecular weight excluding hydrogens is 318 g/mol. The largest absolute Gasteiger partial charge is 0.490 e. The number of rotatable bonds is 6. The lowest BCUT2D eigenvalue weighted by Crippen LogP contribution is -2.19. The van der Waals surface area contributed by atoms with Crippen molar-refractivity contribution in [3.63, 3.8) is 0 Å². The molecule has 2 aliphatic rings. The molecule has 0 atom stereocenters. The van der Waals surface area contributed by atoms with Crippen LogP contribution in [0.1, 0.15) is 12.0 Å². The summed E-state index contributed by atoms with van der Waals surface area (Å²) in [6, 6.07) is 13.8. The number of benzene rings is 2. The van der Waals surface area contributed by atoms with Crippen LogP contribution in [0.2, 0.25) is 0 Å². The molecule has 2 aromatic carbocycles. The Hall–Kier alpha value is -2.66. The van der Waals surface area contributed by atoms with Gasteiger partial charge in [0.1, 0.15) is 24.7 Å². The lowest BCUT2D eigenvalue weighted by molar-refractivity contribution is 0.173. The van der Waals surface area contributed by atoms with Crippen LogP contribution in [0.3, 0.4) is 0 Å². The van der Waals surface area contributed by atoms with Crippen LogP contribution in [-0.4, -0.2) is 33.1 Å². The summed E-state index contributed by atoms with van der Waals surface area (Å²) in [6.07, 6.45) is 3.32. The molecule has 5 heteroatoms. The van der Waals surface area contributed by atoms with Crippen molar-refractivity contribution in [3.8, 4) is 23.0 Å². The molecule has 2 heterocycles. The second-order valence-electron chi connectivity index (χ2n) is 5.92. The summed E-state index contributed by atoms with van der Waals surface area (Å²) < 4.78 is 22.1. The van der Waals surface area contributed by atoms with Crippen molar-refractivity contribution in [3.05, 3.63) is 54.1 Å². The lowest BCUT2D eigenvalue weighted by atomic mass is 10.0. The third-order valence-electron chi connectivity index (χ3n) is 4.25. The van der Waals surface area contributed by atoms with E-state index in [2.05, 4.69) is 23.5 Å². The van der Waals surface area contributed by atoms with E-state index in [1.54, 1.807) is 0 Å². The predicted octanol–water partition coefficient (Wildman–Crippen LogP) is 3.25. The Morgan fingerprint density at radius 1 is 0.880 bits per heavy atom. The maximum atomic E-state index is 5.75. The quantitative estimate of drug-likeness (QED) is 0.819. The van der Waals surface area contributed by atoms with Crippen molar-refractivity contribution in [2.24, 2.45) is 0 Å². The van der Waals surface area contributed by atoms with E-state index in [9.17, 15) is 0 Å². The molecule has 4 rings (SSSR count).